The number of aliphatic imine (C=N–C) groups is 1. The van der Waals surface area contributed by atoms with E-state index < -0.39 is 0 Å². The predicted octanol–water partition coefficient (Wildman–Crippen LogP) is 2.02. The third kappa shape index (κ3) is 6.78. The van der Waals surface area contributed by atoms with Gasteiger partial charge in [-0.25, -0.2) is 4.99 Å². The van der Waals surface area contributed by atoms with Crippen molar-refractivity contribution in [2.75, 3.05) is 53.4 Å². The number of guanidine groups is 1. The van der Waals surface area contributed by atoms with Crippen LogP contribution in [0.5, 0.6) is 5.75 Å². The Labute approximate surface area is 166 Å². The lowest BCUT2D eigenvalue weighted by atomic mass is 10.2. The molecule has 26 heavy (non-hydrogen) atoms. The number of likely N-dealkylation sites (N-methyl/N-ethyl adjacent to an activating group) is 2. The van der Waals surface area contributed by atoms with Crippen LogP contribution in [0.3, 0.4) is 0 Å². The summed E-state index contributed by atoms with van der Waals surface area (Å²) in [5.41, 5.74) is 0. The SMILES string of the molecule is CCNC(=NCC(C)Oc1ccccc1Br)NCC1CN(C)CCN1C. The van der Waals surface area contributed by atoms with Crippen LogP contribution >= 0.6 is 15.9 Å². The normalized spacial score (nSPS) is 20.7. The first kappa shape index (κ1) is 21.0. The van der Waals surface area contributed by atoms with Crippen molar-refractivity contribution in [3.63, 3.8) is 0 Å². The summed E-state index contributed by atoms with van der Waals surface area (Å²) in [6.07, 6.45) is -0.00681. The first-order valence-electron chi connectivity index (χ1n) is 9.31. The molecule has 146 valence electrons. The van der Waals surface area contributed by atoms with Gasteiger partial charge in [-0.15, -0.1) is 0 Å². The van der Waals surface area contributed by atoms with Gasteiger partial charge in [-0.05, 0) is 56.0 Å². The van der Waals surface area contributed by atoms with Crippen LogP contribution in [-0.2, 0) is 0 Å². The summed E-state index contributed by atoms with van der Waals surface area (Å²) in [4.78, 5) is 9.48. The second-order valence-electron chi connectivity index (χ2n) is 6.86. The largest absolute Gasteiger partial charge is 0.488 e. The van der Waals surface area contributed by atoms with Crippen LogP contribution in [0, 0.1) is 0 Å². The number of hydrogen-bond donors (Lipinski definition) is 2. The van der Waals surface area contributed by atoms with Gasteiger partial charge in [0, 0.05) is 38.8 Å². The fourth-order valence-corrected chi connectivity index (χ4v) is 3.27. The molecule has 0 radical (unpaired) electrons. The zero-order chi connectivity index (χ0) is 18.9. The van der Waals surface area contributed by atoms with Gasteiger partial charge in [0.15, 0.2) is 5.96 Å². The number of hydrogen-bond acceptors (Lipinski definition) is 4. The second-order valence-corrected chi connectivity index (χ2v) is 7.71. The number of rotatable bonds is 7. The van der Waals surface area contributed by atoms with Gasteiger partial charge in [0.05, 0.1) is 11.0 Å². The van der Waals surface area contributed by atoms with Crippen molar-refractivity contribution in [1.29, 1.82) is 0 Å². The fourth-order valence-electron chi connectivity index (χ4n) is 2.89. The standard InChI is InChI=1S/C19H32BrN5O/c1-5-21-19(23-13-16-14-24(3)10-11-25(16)4)22-12-15(2)26-18-9-7-6-8-17(18)20/h6-9,15-16H,5,10-14H2,1-4H3,(H2,21,22,23). The van der Waals surface area contributed by atoms with Crippen molar-refractivity contribution in [3.05, 3.63) is 28.7 Å². The zero-order valence-electron chi connectivity index (χ0n) is 16.3. The Morgan fingerprint density at radius 3 is 2.81 bits per heavy atom. The minimum Gasteiger partial charge on any atom is -0.488 e. The number of nitrogens with zero attached hydrogens (tertiary/aromatic N) is 3. The van der Waals surface area contributed by atoms with Crippen molar-refractivity contribution in [1.82, 2.24) is 20.4 Å². The van der Waals surface area contributed by atoms with Crippen molar-refractivity contribution < 1.29 is 4.74 Å². The van der Waals surface area contributed by atoms with Gasteiger partial charge >= 0.3 is 0 Å². The summed E-state index contributed by atoms with van der Waals surface area (Å²) in [5.74, 6) is 1.69. The maximum atomic E-state index is 5.97. The molecule has 0 aliphatic carbocycles. The Morgan fingerprint density at radius 1 is 1.31 bits per heavy atom. The monoisotopic (exact) mass is 425 g/mol. The van der Waals surface area contributed by atoms with Crippen LogP contribution < -0.4 is 15.4 Å². The average Bonchev–Trinajstić information content (AvgIpc) is 2.62. The van der Waals surface area contributed by atoms with Gasteiger partial charge < -0.3 is 20.3 Å². The van der Waals surface area contributed by atoms with Crippen molar-refractivity contribution in [3.8, 4) is 5.75 Å². The predicted molar refractivity (Wildman–Crippen MR) is 112 cm³/mol. The Hall–Kier alpha value is -1.31. The minimum atomic E-state index is -0.00681. The van der Waals surface area contributed by atoms with E-state index in [1.54, 1.807) is 0 Å². The first-order chi connectivity index (χ1) is 12.5. The van der Waals surface area contributed by atoms with E-state index in [2.05, 4.69) is 62.4 Å². The average molecular weight is 426 g/mol. The lowest BCUT2D eigenvalue weighted by Gasteiger charge is -2.37. The first-order valence-corrected chi connectivity index (χ1v) is 10.1. The third-order valence-corrected chi connectivity index (χ3v) is 5.16. The van der Waals surface area contributed by atoms with Gasteiger partial charge in [-0.2, -0.15) is 0 Å². The van der Waals surface area contributed by atoms with E-state index in [0.717, 1.165) is 48.9 Å². The highest BCUT2D eigenvalue weighted by Crippen LogP contribution is 2.24. The molecule has 2 unspecified atom stereocenters. The molecule has 2 N–H and O–H groups in total. The van der Waals surface area contributed by atoms with E-state index in [9.17, 15) is 0 Å². The molecule has 0 saturated carbocycles. The molecule has 1 aromatic carbocycles. The van der Waals surface area contributed by atoms with Crippen LogP contribution in [0.25, 0.3) is 0 Å². The molecular weight excluding hydrogens is 394 g/mol. The smallest absolute Gasteiger partial charge is 0.191 e. The molecule has 2 atom stereocenters. The van der Waals surface area contributed by atoms with Gasteiger partial charge in [-0.1, -0.05) is 12.1 Å². The van der Waals surface area contributed by atoms with Crippen LogP contribution in [0.1, 0.15) is 13.8 Å². The quantitative estimate of drug-likeness (QED) is 0.516. The molecule has 1 saturated heterocycles. The number of para-hydroxylation sites is 1. The topological polar surface area (TPSA) is 52.1 Å². The molecule has 0 amide bonds. The lowest BCUT2D eigenvalue weighted by Crippen LogP contribution is -2.55. The second kappa shape index (κ2) is 10.7. The molecule has 7 heteroatoms. The van der Waals surface area contributed by atoms with E-state index in [0.29, 0.717) is 12.6 Å². The molecular formula is C19H32BrN5O. The van der Waals surface area contributed by atoms with E-state index in [1.807, 2.05) is 31.2 Å². The minimum absolute atomic E-state index is 0.00681. The summed E-state index contributed by atoms with van der Waals surface area (Å²) in [5, 5.41) is 6.80. The molecule has 2 rings (SSSR count). The summed E-state index contributed by atoms with van der Waals surface area (Å²) in [6.45, 7) is 9.74. The Bertz CT molecular complexity index is 583. The third-order valence-electron chi connectivity index (χ3n) is 4.50. The van der Waals surface area contributed by atoms with Gasteiger partial charge in [0.25, 0.3) is 0 Å². The van der Waals surface area contributed by atoms with Gasteiger partial charge in [0.1, 0.15) is 11.9 Å². The van der Waals surface area contributed by atoms with Crippen molar-refractivity contribution in [2.45, 2.75) is 26.0 Å². The molecule has 0 spiro atoms. The van der Waals surface area contributed by atoms with Crippen LogP contribution in [0.15, 0.2) is 33.7 Å². The van der Waals surface area contributed by atoms with Crippen LogP contribution in [-0.4, -0.2) is 81.3 Å². The van der Waals surface area contributed by atoms with Crippen molar-refractivity contribution >= 4 is 21.9 Å². The summed E-state index contributed by atoms with van der Waals surface area (Å²) in [6, 6.07) is 8.38. The number of halogens is 1. The highest BCUT2D eigenvalue weighted by Gasteiger charge is 2.22. The molecule has 1 aromatic rings. The molecule has 0 aromatic heterocycles. The summed E-state index contributed by atoms with van der Waals surface area (Å²) in [7, 11) is 4.37. The van der Waals surface area contributed by atoms with Crippen LogP contribution in [0.4, 0.5) is 0 Å². The Morgan fingerprint density at radius 2 is 2.08 bits per heavy atom. The summed E-state index contributed by atoms with van der Waals surface area (Å²) < 4.78 is 6.94. The molecule has 1 aliphatic rings. The maximum Gasteiger partial charge on any atom is 0.191 e. The van der Waals surface area contributed by atoms with E-state index in [4.69, 9.17) is 4.74 Å². The van der Waals surface area contributed by atoms with Crippen LogP contribution in [0.2, 0.25) is 0 Å². The molecule has 1 fully saturated rings. The Kier molecular flexibility index (Phi) is 8.68. The maximum absolute atomic E-state index is 5.97. The number of nitrogens with one attached hydrogen (secondary N) is 2. The molecule has 1 aliphatic heterocycles. The highest BCUT2D eigenvalue weighted by molar-refractivity contribution is 9.10. The number of ether oxygens (including phenoxy) is 1. The fraction of sp³-hybridized carbons (Fsp3) is 0.632. The summed E-state index contributed by atoms with van der Waals surface area (Å²) >= 11 is 3.51. The van der Waals surface area contributed by atoms with E-state index >= 15 is 0 Å². The Balaban J connectivity index is 1.86. The molecule has 1 heterocycles. The van der Waals surface area contributed by atoms with E-state index in [1.165, 1.54) is 0 Å². The van der Waals surface area contributed by atoms with Gasteiger partial charge in [0.2, 0.25) is 0 Å². The molecule has 6 nitrogen and oxygen atoms in total. The molecule has 0 bridgehead atoms. The number of benzene rings is 1. The van der Waals surface area contributed by atoms with Crippen molar-refractivity contribution in [2.24, 2.45) is 4.99 Å². The highest BCUT2D eigenvalue weighted by atomic mass is 79.9. The van der Waals surface area contributed by atoms with E-state index in [-0.39, 0.29) is 6.10 Å². The lowest BCUT2D eigenvalue weighted by molar-refractivity contribution is 0.116. The number of piperazine rings is 1. The zero-order valence-corrected chi connectivity index (χ0v) is 17.9. The van der Waals surface area contributed by atoms with Gasteiger partial charge in [-0.3, -0.25) is 4.90 Å².